The van der Waals surface area contributed by atoms with Crippen molar-refractivity contribution in [1.82, 2.24) is 0 Å². The first-order valence-electron chi connectivity index (χ1n) is 5.16. The molecule has 0 N–H and O–H groups in total. The van der Waals surface area contributed by atoms with Gasteiger partial charge in [-0.15, -0.1) is 0 Å². The third-order valence-electron chi connectivity index (χ3n) is 2.79. The van der Waals surface area contributed by atoms with Crippen molar-refractivity contribution in [3.05, 3.63) is 28.7 Å². The fourth-order valence-electron chi connectivity index (χ4n) is 1.92. The number of amides is 1. The molecule has 16 heavy (non-hydrogen) atoms. The van der Waals surface area contributed by atoms with Crippen molar-refractivity contribution in [1.29, 1.82) is 5.26 Å². The predicted molar refractivity (Wildman–Crippen MR) is 64.8 cm³/mol. The fourth-order valence-corrected chi connectivity index (χ4v) is 2.18. The van der Waals surface area contributed by atoms with Gasteiger partial charge in [-0.25, -0.2) is 0 Å². The largest absolute Gasteiger partial charge is 0.312 e. The van der Waals surface area contributed by atoms with Crippen LogP contribution >= 0.6 is 15.9 Å². The molecule has 1 aromatic rings. The topological polar surface area (TPSA) is 44.1 Å². The molecule has 1 saturated heterocycles. The Labute approximate surface area is 103 Å². The van der Waals surface area contributed by atoms with E-state index >= 15 is 0 Å². The maximum Gasteiger partial charge on any atom is 0.231 e. The van der Waals surface area contributed by atoms with E-state index in [1.54, 1.807) is 4.90 Å². The zero-order valence-electron chi connectivity index (χ0n) is 8.69. The molecule has 1 unspecified atom stereocenters. The van der Waals surface area contributed by atoms with Crippen LogP contribution in [0, 0.1) is 17.2 Å². The summed E-state index contributed by atoms with van der Waals surface area (Å²) in [5.74, 6) is -0.0440. The Kier molecular flexibility index (Phi) is 3.25. The molecule has 0 aliphatic carbocycles. The molecule has 1 aliphatic heterocycles. The van der Waals surface area contributed by atoms with Crippen LogP contribution in [0.15, 0.2) is 28.7 Å². The van der Waals surface area contributed by atoms with E-state index in [0.717, 1.165) is 16.6 Å². The molecule has 3 nitrogen and oxygen atoms in total. The van der Waals surface area contributed by atoms with Crippen LogP contribution in [-0.2, 0) is 4.79 Å². The van der Waals surface area contributed by atoms with E-state index in [-0.39, 0.29) is 11.8 Å². The number of carbonyl (C=O) groups excluding carboxylic acids is 1. The van der Waals surface area contributed by atoms with Crippen LogP contribution in [0.1, 0.15) is 12.8 Å². The number of benzene rings is 1. The summed E-state index contributed by atoms with van der Waals surface area (Å²) in [6.45, 7) is 0.715. The first-order chi connectivity index (χ1) is 7.72. The predicted octanol–water partition coefficient (Wildman–Crippen LogP) is 2.72. The second-order valence-corrected chi connectivity index (χ2v) is 4.73. The van der Waals surface area contributed by atoms with E-state index < -0.39 is 0 Å². The lowest BCUT2D eigenvalue weighted by Crippen LogP contribution is -2.26. The first-order valence-corrected chi connectivity index (χ1v) is 5.95. The quantitative estimate of drug-likeness (QED) is 0.835. The van der Waals surface area contributed by atoms with Crippen LogP contribution in [0.5, 0.6) is 0 Å². The van der Waals surface area contributed by atoms with Gasteiger partial charge in [0, 0.05) is 23.1 Å². The molecule has 2 rings (SSSR count). The Morgan fingerprint density at radius 3 is 2.75 bits per heavy atom. The van der Waals surface area contributed by atoms with Crippen LogP contribution < -0.4 is 4.90 Å². The molecular weight excluding hydrogens is 268 g/mol. The van der Waals surface area contributed by atoms with Crippen molar-refractivity contribution in [3.8, 4) is 6.07 Å². The van der Waals surface area contributed by atoms with Gasteiger partial charge in [-0.1, -0.05) is 15.9 Å². The smallest absolute Gasteiger partial charge is 0.231 e. The summed E-state index contributed by atoms with van der Waals surface area (Å²) < 4.78 is 0.997. The van der Waals surface area contributed by atoms with Gasteiger partial charge in [0.2, 0.25) is 5.91 Å². The van der Waals surface area contributed by atoms with Gasteiger partial charge in [0.15, 0.2) is 0 Å². The molecule has 1 fully saturated rings. The van der Waals surface area contributed by atoms with Crippen LogP contribution in [0.4, 0.5) is 5.69 Å². The highest BCUT2D eigenvalue weighted by atomic mass is 79.9. The van der Waals surface area contributed by atoms with E-state index in [1.165, 1.54) is 0 Å². The second-order valence-electron chi connectivity index (χ2n) is 3.81. The molecule has 1 aliphatic rings. The Morgan fingerprint density at radius 1 is 1.44 bits per heavy atom. The molecule has 1 amide bonds. The van der Waals surface area contributed by atoms with E-state index in [9.17, 15) is 4.79 Å². The summed E-state index contributed by atoms with van der Waals surface area (Å²) in [6, 6.07) is 9.73. The van der Waals surface area contributed by atoms with Crippen LogP contribution in [0.2, 0.25) is 0 Å². The van der Waals surface area contributed by atoms with Crippen molar-refractivity contribution < 1.29 is 4.79 Å². The summed E-state index contributed by atoms with van der Waals surface area (Å²) in [5, 5.41) is 8.61. The minimum absolute atomic E-state index is 0.0730. The van der Waals surface area contributed by atoms with Gasteiger partial charge in [0.25, 0.3) is 0 Å². The van der Waals surface area contributed by atoms with Crippen molar-refractivity contribution in [2.45, 2.75) is 12.8 Å². The number of rotatable bonds is 2. The second kappa shape index (κ2) is 4.67. The van der Waals surface area contributed by atoms with Crippen LogP contribution in [0.25, 0.3) is 0 Å². The molecule has 1 aromatic carbocycles. The zero-order chi connectivity index (χ0) is 11.5. The van der Waals surface area contributed by atoms with E-state index in [1.807, 2.05) is 24.3 Å². The molecule has 0 spiro atoms. The molecule has 1 atom stereocenters. The number of carbonyl (C=O) groups is 1. The highest BCUT2D eigenvalue weighted by Gasteiger charge is 2.31. The molecule has 1 heterocycles. The normalized spacial score (nSPS) is 19.9. The molecule has 82 valence electrons. The summed E-state index contributed by atoms with van der Waals surface area (Å²) in [4.78, 5) is 13.7. The fraction of sp³-hybridized carbons (Fsp3) is 0.333. The standard InChI is InChI=1S/C12H11BrN2O/c13-10-1-3-11(4-2-10)15-8-6-9(5-7-14)12(15)16/h1-4,9H,5-6,8H2. The Hall–Kier alpha value is -1.34. The average Bonchev–Trinajstić information content (AvgIpc) is 2.63. The lowest BCUT2D eigenvalue weighted by atomic mass is 10.1. The van der Waals surface area contributed by atoms with E-state index in [2.05, 4.69) is 22.0 Å². The molecule has 0 saturated carbocycles. The van der Waals surface area contributed by atoms with Crippen molar-refractivity contribution in [3.63, 3.8) is 0 Å². The lowest BCUT2D eigenvalue weighted by molar-refractivity contribution is -0.120. The highest BCUT2D eigenvalue weighted by molar-refractivity contribution is 9.10. The van der Waals surface area contributed by atoms with Crippen molar-refractivity contribution >= 4 is 27.5 Å². The maximum absolute atomic E-state index is 11.9. The molecule has 0 aromatic heterocycles. The minimum atomic E-state index is -0.117. The van der Waals surface area contributed by atoms with Gasteiger partial charge in [0.05, 0.1) is 12.0 Å². The summed E-state index contributed by atoms with van der Waals surface area (Å²) in [6.07, 6.45) is 1.11. The molecular formula is C12H11BrN2O. The molecule has 4 heteroatoms. The number of nitrogens with zero attached hydrogens (tertiary/aromatic N) is 2. The molecule has 0 bridgehead atoms. The van der Waals surface area contributed by atoms with Gasteiger partial charge in [0.1, 0.15) is 0 Å². The van der Waals surface area contributed by atoms with Gasteiger partial charge in [-0.2, -0.15) is 5.26 Å². The summed E-state index contributed by atoms with van der Waals surface area (Å²) in [7, 11) is 0. The maximum atomic E-state index is 11.9. The van der Waals surface area contributed by atoms with Crippen LogP contribution in [0.3, 0.4) is 0 Å². The van der Waals surface area contributed by atoms with Gasteiger partial charge in [-0.05, 0) is 30.7 Å². The van der Waals surface area contributed by atoms with Crippen molar-refractivity contribution in [2.24, 2.45) is 5.92 Å². The summed E-state index contributed by atoms with van der Waals surface area (Å²) in [5.41, 5.74) is 0.911. The SMILES string of the molecule is N#CCC1CCN(c2ccc(Br)cc2)C1=O. The van der Waals surface area contributed by atoms with Crippen LogP contribution in [-0.4, -0.2) is 12.5 Å². The Bertz CT molecular complexity index is 435. The van der Waals surface area contributed by atoms with Crippen molar-refractivity contribution in [2.75, 3.05) is 11.4 Å². The number of hydrogen-bond donors (Lipinski definition) is 0. The third-order valence-corrected chi connectivity index (χ3v) is 3.32. The minimum Gasteiger partial charge on any atom is -0.312 e. The number of nitriles is 1. The average molecular weight is 279 g/mol. The van der Waals surface area contributed by atoms with E-state index in [4.69, 9.17) is 5.26 Å². The molecule has 0 radical (unpaired) electrons. The first kappa shape index (κ1) is 11.2. The van der Waals surface area contributed by atoms with E-state index in [0.29, 0.717) is 13.0 Å². The summed E-state index contributed by atoms with van der Waals surface area (Å²) >= 11 is 3.36. The number of halogens is 1. The Balaban J connectivity index is 2.16. The lowest BCUT2D eigenvalue weighted by Gasteiger charge is -2.16. The monoisotopic (exact) mass is 278 g/mol. The highest BCUT2D eigenvalue weighted by Crippen LogP contribution is 2.27. The van der Waals surface area contributed by atoms with Gasteiger partial charge < -0.3 is 4.90 Å². The van der Waals surface area contributed by atoms with Gasteiger partial charge in [-0.3, -0.25) is 4.79 Å². The third kappa shape index (κ3) is 2.10. The van der Waals surface area contributed by atoms with Gasteiger partial charge >= 0.3 is 0 Å². The number of anilines is 1. The number of hydrogen-bond acceptors (Lipinski definition) is 2. The zero-order valence-corrected chi connectivity index (χ0v) is 10.3. The Morgan fingerprint density at radius 2 is 2.12 bits per heavy atom.